The summed E-state index contributed by atoms with van der Waals surface area (Å²) in [7, 11) is 1.57. The molecule has 0 saturated carbocycles. The van der Waals surface area contributed by atoms with Gasteiger partial charge in [0, 0.05) is 25.1 Å². The van der Waals surface area contributed by atoms with Gasteiger partial charge in [0.2, 0.25) is 5.91 Å². The highest BCUT2D eigenvalue weighted by molar-refractivity contribution is 8.00. The van der Waals surface area contributed by atoms with Crippen LogP contribution in [0.15, 0.2) is 9.95 Å². The van der Waals surface area contributed by atoms with Crippen molar-refractivity contribution in [3.63, 3.8) is 0 Å². The van der Waals surface area contributed by atoms with E-state index in [1.807, 2.05) is 13.8 Å². The number of fused-ring (bicyclic) bond motifs is 1. The van der Waals surface area contributed by atoms with Gasteiger partial charge in [0.25, 0.3) is 5.56 Å². The minimum absolute atomic E-state index is 0.125. The van der Waals surface area contributed by atoms with E-state index >= 15 is 0 Å². The molecule has 1 aliphatic rings. The molecule has 10 heteroatoms. The number of carbonyl (C=O) groups excluding carboxylic acids is 2. The first-order valence-corrected chi connectivity index (χ1v) is 10.3. The predicted octanol–water partition coefficient (Wildman–Crippen LogP) is 1.75. The number of hydrogen-bond donors (Lipinski definition) is 1. The van der Waals surface area contributed by atoms with Crippen LogP contribution in [0.5, 0.6) is 0 Å². The Bertz CT molecular complexity index is 953. The van der Waals surface area contributed by atoms with Crippen LogP contribution in [-0.2, 0) is 16.1 Å². The van der Waals surface area contributed by atoms with Gasteiger partial charge in [-0.05, 0) is 26.3 Å². The van der Waals surface area contributed by atoms with E-state index in [9.17, 15) is 14.4 Å². The first-order chi connectivity index (χ1) is 12.8. The molecule has 3 rings (SSSR count). The molecule has 0 aromatic carbocycles. The van der Waals surface area contributed by atoms with E-state index in [0.717, 1.165) is 10.4 Å². The fourth-order valence-corrected chi connectivity index (χ4v) is 4.96. The molecule has 1 fully saturated rings. The number of nitrogens with zero attached hydrogens (tertiary/aromatic N) is 3. The van der Waals surface area contributed by atoms with E-state index in [-0.39, 0.29) is 17.5 Å². The Hall–Kier alpha value is -1.91. The molecular weight excluding hydrogens is 388 g/mol. The molecule has 0 unspecified atom stereocenters. The van der Waals surface area contributed by atoms with E-state index in [2.05, 4.69) is 10.3 Å². The van der Waals surface area contributed by atoms with Crippen LogP contribution in [0.2, 0.25) is 0 Å². The standard InChI is InChI=1S/C17H22N4O4S2/c1-9-10(2)26-13-12(9)15(23)21(7-8-25-4)17(19-13)27-11(3)14(22)20-6-5-18-16(20)24/h11H,5-8H2,1-4H3,(H,18,24)/t11-/m0/s1. The summed E-state index contributed by atoms with van der Waals surface area (Å²) in [6.07, 6.45) is 0. The second kappa shape index (κ2) is 7.99. The predicted molar refractivity (Wildman–Crippen MR) is 106 cm³/mol. The summed E-state index contributed by atoms with van der Waals surface area (Å²) >= 11 is 2.67. The first-order valence-electron chi connectivity index (χ1n) is 8.60. The number of thioether (sulfide) groups is 1. The minimum Gasteiger partial charge on any atom is -0.383 e. The third-order valence-electron chi connectivity index (χ3n) is 4.53. The molecule has 146 valence electrons. The van der Waals surface area contributed by atoms with Crippen LogP contribution in [0, 0.1) is 13.8 Å². The summed E-state index contributed by atoms with van der Waals surface area (Å²) in [5.74, 6) is -0.291. The maximum Gasteiger partial charge on any atom is 0.324 e. The monoisotopic (exact) mass is 410 g/mol. The fraction of sp³-hybridized carbons (Fsp3) is 0.529. The number of ether oxygens (including phenoxy) is 1. The number of imide groups is 1. The Morgan fingerprint density at radius 3 is 2.78 bits per heavy atom. The van der Waals surface area contributed by atoms with Gasteiger partial charge in [0.05, 0.1) is 23.8 Å². The molecular formula is C17H22N4O4S2. The number of aromatic nitrogens is 2. The minimum atomic E-state index is -0.547. The van der Waals surface area contributed by atoms with Gasteiger partial charge in [-0.2, -0.15) is 0 Å². The van der Waals surface area contributed by atoms with E-state index < -0.39 is 5.25 Å². The van der Waals surface area contributed by atoms with Gasteiger partial charge >= 0.3 is 6.03 Å². The topological polar surface area (TPSA) is 93.5 Å². The number of nitrogens with one attached hydrogen (secondary N) is 1. The highest BCUT2D eigenvalue weighted by Gasteiger charge is 2.31. The van der Waals surface area contributed by atoms with Gasteiger partial charge < -0.3 is 10.1 Å². The average Bonchev–Trinajstić information content (AvgIpc) is 3.17. The molecule has 0 aliphatic carbocycles. The van der Waals surface area contributed by atoms with Crippen molar-refractivity contribution in [3.8, 4) is 0 Å². The number of carbonyl (C=O) groups is 2. The van der Waals surface area contributed by atoms with Crippen molar-refractivity contribution in [2.24, 2.45) is 0 Å². The van der Waals surface area contributed by atoms with Gasteiger partial charge in [0.1, 0.15) is 4.83 Å². The summed E-state index contributed by atoms with van der Waals surface area (Å²) in [5, 5.41) is 3.16. The van der Waals surface area contributed by atoms with Crippen molar-refractivity contribution in [1.82, 2.24) is 19.8 Å². The molecule has 27 heavy (non-hydrogen) atoms. The third kappa shape index (κ3) is 3.74. The highest BCUT2D eigenvalue weighted by atomic mass is 32.2. The third-order valence-corrected chi connectivity index (χ3v) is 6.70. The number of methoxy groups -OCH3 is 1. The Labute approximate surface area is 164 Å². The molecule has 0 bridgehead atoms. The molecule has 1 saturated heterocycles. The fourth-order valence-electron chi connectivity index (χ4n) is 2.89. The Kier molecular flexibility index (Phi) is 5.87. The number of thiophene rings is 1. The Morgan fingerprint density at radius 2 is 2.15 bits per heavy atom. The van der Waals surface area contributed by atoms with Crippen LogP contribution >= 0.6 is 23.1 Å². The first kappa shape index (κ1) is 19.8. The molecule has 1 aliphatic heterocycles. The number of aryl methyl sites for hydroxylation is 2. The molecule has 8 nitrogen and oxygen atoms in total. The van der Waals surface area contributed by atoms with Crippen molar-refractivity contribution >= 4 is 45.3 Å². The van der Waals surface area contributed by atoms with E-state index in [4.69, 9.17) is 4.74 Å². The largest absolute Gasteiger partial charge is 0.383 e. The van der Waals surface area contributed by atoms with Gasteiger partial charge in [-0.3, -0.25) is 19.1 Å². The lowest BCUT2D eigenvalue weighted by molar-refractivity contribution is -0.126. The van der Waals surface area contributed by atoms with E-state index in [1.165, 1.54) is 28.0 Å². The zero-order valence-electron chi connectivity index (χ0n) is 15.7. The van der Waals surface area contributed by atoms with Gasteiger partial charge in [-0.25, -0.2) is 9.78 Å². The van der Waals surface area contributed by atoms with Gasteiger partial charge in [-0.15, -0.1) is 11.3 Å². The van der Waals surface area contributed by atoms with Crippen LogP contribution in [0.3, 0.4) is 0 Å². The summed E-state index contributed by atoms with van der Waals surface area (Å²) in [6, 6.07) is -0.378. The van der Waals surface area contributed by atoms with E-state index in [1.54, 1.807) is 18.6 Å². The molecule has 3 heterocycles. The van der Waals surface area contributed by atoms with Gasteiger partial charge in [0.15, 0.2) is 5.16 Å². The maximum atomic E-state index is 13.1. The lowest BCUT2D eigenvalue weighted by Gasteiger charge is -2.19. The molecule has 1 N–H and O–H groups in total. The molecule has 1 atom stereocenters. The van der Waals surface area contributed by atoms with Crippen molar-refractivity contribution in [2.45, 2.75) is 37.7 Å². The quantitative estimate of drug-likeness (QED) is 0.576. The number of hydrogen-bond acceptors (Lipinski definition) is 7. The Morgan fingerprint density at radius 1 is 1.41 bits per heavy atom. The molecule has 0 radical (unpaired) electrons. The zero-order chi connectivity index (χ0) is 19.7. The maximum absolute atomic E-state index is 13.1. The summed E-state index contributed by atoms with van der Waals surface area (Å²) < 4.78 is 6.69. The molecule has 2 aromatic heterocycles. The van der Waals surface area contributed by atoms with Crippen LogP contribution in [-0.4, -0.2) is 58.4 Å². The summed E-state index contributed by atoms with van der Waals surface area (Å²) in [4.78, 5) is 45.0. The second-order valence-corrected chi connectivity index (χ2v) is 8.80. The van der Waals surface area contributed by atoms with E-state index in [0.29, 0.717) is 41.6 Å². The van der Waals surface area contributed by atoms with Crippen LogP contribution in [0.1, 0.15) is 17.4 Å². The highest BCUT2D eigenvalue weighted by Crippen LogP contribution is 2.30. The average molecular weight is 411 g/mol. The van der Waals surface area contributed by atoms with Crippen LogP contribution < -0.4 is 10.9 Å². The lowest BCUT2D eigenvalue weighted by Crippen LogP contribution is -2.39. The number of rotatable bonds is 6. The number of amides is 3. The molecule has 2 aromatic rings. The molecule has 0 spiro atoms. The van der Waals surface area contributed by atoms with Crippen molar-refractivity contribution in [2.75, 3.05) is 26.8 Å². The summed E-state index contributed by atoms with van der Waals surface area (Å²) in [6.45, 7) is 7.13. The molecule has 3 amide bonds. The zero-order valence-corrected chi connectivity index (χ0v) is 17.3. The Balaban J connectivity index is 1.97. The second-order valence-electron chi connectivity index (χ2n) is 6.29. The smallest absolute Gasteiger partial charge is 0.324 e. The van der Waals surface area contributed by atoms with Crippen LogP contribution in [0.25, 0.3) is 10.2 Å². The van der Waals surface area contributed by atoms with Crippen molar-refractivity contribution in [1.29, 1.82) is 0 Å². The van der Waals surface area contributed by atoms with Gasteiger partial charge in [-0.1, -0.05) is 11.8 Å². The normalized spacial score (nSPS) is 15.4. The summed E-state index contributed by atoms with van der Waals surface area (Å²) in [5.41, 5.74) is 0.813. The lowest BCUT2D eigenvalue weighted by atomic mass is 10.2. The van der Waals surface area contributed by atoms with Crippen molar-refractivity contribution < 1.29 is 14.3 Å². The number of urea groups is 1. The van der Waals surface area contributed by atoms with Crippen molar-refractivity contribution in [3.05, 3.63) is 20.8 Å². The SMILES string of the molecule is COCCn1c(S[C@@H](C)C(=O)N2CCNC2=O)nc2sc(C)c(C)c2c1=O. The van der Waals surface area contributed by atoms with Crippen LogP contribution in [0.4, 0.5) is 4.79 Å².